The first-order valence-corrected chi connectivity index (χ1v) is 6.65. The van der Waals surface area contributed by atoms with Gasteiger partial charge in [-0.2, -0.15) is 0 Å². The number of hydrogen-bond donors (Lipinski definition) is 1. The van der Waals surface area contributed by atoms with Crippen LogP contribution >= 0.6 is 11.3 Å². The van der Waals surface area contributed by atoms with E-state index in [2.05, 4.69) is 15.0 Å². The molecule has 3 rings (SSSR count). The van der Waals surface area contributed by atoms with E-state index in [0.29, 0.717) is 5.95 Å². The molecular formula is C12H13N5S. The topological polar surface area (TPSA) is 69.6 Å². The lowest BCUT2D eigenvalue weighted by atomic mass is 10.3. The van der Waals surface area contributed by atoms with E-state index >= 15 is 0 Å². The third kappa shape index (κ3) is 1.95. The van der Waals surface area contributed by atoms with Gasteiger partial charge in [0.25, 0.3) is 0 Å². The quantitative estimate of drug-likeness (QED) is 0.781. The van der Waals surface area contributed by atoms with E-state index < -0.39 is 0 Å². The van der Waals surface area contributed by atoms with Gasteiger partial charge in [-0.1, -0.05) is 0 Å². The zero-order valence-electron chi connectivity index (χ0n) is 10.00. The third-order valence-corrected chi connectivity index (χ3v) is 3.47. The summed E-state index contributed by atoms with van der Waals surface area (Å²) in [4.78, 5) is 13.1. The first-order chi connectivity index (χ1) is 8.74. The molecule has 18 heavy (non-hydrogen) atoms. The zero-order chi connectivity index (χ0) is 12.5. The zero-order valence-corrected chi connectivity index (χ0v) is 10.8. The molecule has 0 aliphatic carbocycles. The van der Waals surface area contributed by atoms with Crippen molar-refractivity contribution >= 4 is 28.4 Å². The van der Waals surface area contributed by atoms with Gasteiger partial charge in [0, 0.05) is 24.0 Å². The standard InChI is InChI=1S/C12H13N5S/c1-8-2-3-10-11(15-8)17(12(13)16-10)5-4-9-6-18-7-14-9/h2-3,6-7H,4-5H2,1H3,(H2,13,16). The van der Waals surface area contributed by atoms with Crippen LogP contribution in [0.25, 0.3) is 11.2 Å². The van der Waals surface area contributed by atoms with Crippen LogP contribution in [0.4, 0.5) is 5.95 Å². The molecule has 0 atom stereocenters. The van der Waals surface area contributed by atoms with Crippen LogP contribution in [0.15, 0.2) is 23.0 Å². The Morgan fingerprint density at radius 3 is 3.00 bits per heavy atom. The van der Waals surface area contributed by atoms with Crippen molar-refractivity contribution in [2.75, 3.05) is 5.73 Å². The van der Waals surface area contributed by atoms with Crippen molar-refractivity contribution in [3.8, 4) is 0 Å². The number of nitrogen functional groups attached to an aromatic ring is 1. The Kier molecular flexibility index (Phi) is 2.71. The Bertz CT molecular complexity index is 671. The number of aromatic nitrogens is 4. The van der Waals surface area contributed by atoms with E-state index in [0.717, 1.165) is 35.5 Å². The molecule has 0 bridgehead atoms. The highest BCUT2D eigenvalue weighted by atomic mass is 32.1. The summed E-state index contributed by atoms with van der Waals surface area (Å²) in [6.07, 6.45) is 0.842. The first kappa shape index (κ1) is 11.2. The van der Waals surface area contributed by atoms with Crippen LogP contribution in [-0.4, -0.2) is 19.5 Å². The Balaban J connectivity index is 1.95. The lowest BCUT2D eigenvalue weighted by Gasteiger charge is -2.04. The van der Waals surface area contributed by atoms with Gasteiger partial charge >= 0.3 is 0 Å². The maximum Gasteiger partial charge on any atom is 0.202 e. The van der Waals surface area contributed by atoms with Crippen molar-refractivity contribution in [2.24, 2.45) is 0 Å². The molecule has 3 aromatic rings. The van der Waals surface area contributed by atoms with Crippen molar-refractivity contribution < 1.29 is 0 Å². The fourth-order valence-corrected chi connectivity index (χ4v) is 2.51. The van der Waals surface area contributed by atoms with E-state index in [1.807, 2.05) is 34.5 Å². The second-order valence-electron chi connectivity index (χ2n) is 4.15. The van der Waals surface area contributed by atoms with Crippen molar-refractivity contribution in [3.05, 3.63) is 34.4 Å². The predicted molar refractivity (Wildman–Crippen MR) is 72.5 cm³/mol. The summed E-state index contributed by atoms with van der Waals surface area (Å²) < 4.78 is 1.95. The molecule has 0 fully saturated rings. The molecule has 0 radical (unpaired) electrons. The van der Waals surface area contributed by atoms with E-state index in [9.17, 15) is 0 Å². The molecule has 2 N–H and O–H groups in total. The molecule has 0 aliphatic heterocycles. The number of anilines is 1. The van der Waals surface area contributed by atoms with Crippen molar-refractivity contribution in [3.63, 3.8) is 0 Å². The lowest BCUT2D eigenvalue weighted by molar-refractivity contribution is 0.709. The molecule has 0 spiro atoms. The van der Waals surface area contributed by atoms with E-state index in [-0.39, 0.29) is 0 Å². The molecule has 3 heterocycles. The summed E-state index contributed by atoms with van der Waals surface area (Å²) >= 11 is 1.60. The van der Waals surface area contributed by atoms with Gasteiger partial charge in [0.2, 0.25) is 5.95 Å². The highest BCUT2D eigenvalue weighted by Gasteiger charge is 2.09. The molecule has 92 valence electrons. The average Bonchev–Trinajstić information content (AvgIpc) is 2.94. The third-order valence-electron chi connectivity index (χ3n) is 2.84. The highest BCUT2D eigenvalue weighted by Crippen LogP contribution is 2.17. The van der Waals surface area contributed by atoms with Crippen molar-refractivity contribution in [2.45, 2.75) is 19.9 Å². The van der Waals surface area contributed by atoms with Gasteiger partial charge in [-0.25, -0.2) is 15.0 Å². The van der Waals surface area contributed by atoms with E-state index in [1.54, 1.807) is 11.3 Å². The fraction of sp³-hybridized carbons (Fsp3) is 0.250. The Hall–Kier alpha value is -1.95. The molecule has 0 amide bonds. The SMILES string of the molecule is Cc1ccc2nc(N)n(CCc3cscn3)c2n1. The van der Waals surface area contributed by atoms with Gasteiger partial charge < -0.3 is 5.73 Å². The second kappa shape index (κ2) is 4.38. The van der Waals surface area contributed by atoms with Crippen LogP contribution in [-0.2, 0) is 13.0 Å². The minimum Gasteiger partial charge on any atom is -0.369 e. The van der Waals surface area contributed by atoms with Gasteiger partial charge in [-0.15, -0.1) is 11.3 Å². The van der Waals surface area contributed by atoms with Gasteiger partial charge in [-0.3, -0.25) is 4.57 Å². The Morgan fingerprint density at radius 2 is 2.22 bits per heavy atom. The van der Waals surface area contributed by atoms with Gasteiger partial charge in [-0.05, 0) is 19.1 Å². The molecule has 3 aromatic heterocycles. The van der Waals surface area contributed by atoms with E-state index in [1.165, 1.54) is 0 Å². The Morgan fingerprint density at radius 1 is 1.33 bits per heavy atom. The van der Waals surface area contributed by atoms with Crippen LogP contribution in [0.2, 0.25) is 0 Å². The summed E-state index contributed by atoms with van der Waals surface area (Å²) in [5.74, 6) is 0.512. The lowest BCUT2D eigenvalue weighted by Crippen LogP contribution is -2.06. The number of hydrogen-bond acceptors (Lipinski definition) is 5. The van der Waals surface area contributed by atoms with E-state index in [4.69, 9.17) is 5.73 Å². The second-order valence-corrected chi connectivity index (χ2v) is 4.87. The number of pyridine rings is 1. The van der Waals surface area contributed by atoms with Gasteiger partial charge in [0.1, 0.15) is 5.52 Å². The minimum atomic E-state index is 0.512. The molecule has 0 saturated carbocycles. The molecule has 0 aliphatic rings. The van der Waals surface area contributed by atoms with Crippen LogP contribution in [0.1, 0.15) is 11.4 Å². The predicted octanol–water partition coefficient (Wildman–Crippen LogP) is 2.02. The van der Waals surface area contributed by atoms with Crippen LogP contribution in [0.5, 0.6) is 0 Å². The molecule has 0 saturated heterocycles. The molecule has 6 heteroatoms. The number of nitrogens with two attached hydrogens (primary N) is 1. The first-order valence-electron chi connectivity index (χ1n) is 5.70. The molecule has 0 unspecified atom stereocenters. The number of fused-ring (bicyclic) bond motifs is 1. The number of imidazole rings is 1. The van der Waals surface area contributed by atoms with Crippen LogP contribution < -0.4 is 5.73 Å². The summed E-state index contributed by atoms with van der Waals surface area (Å²) in [5, 5.41) is 2.05. The molecular weight excluding hydrogens is 246 g/mol. The minimum absolute atomic E-state index is 0.512. The Labute approximate surface area is 108 Å². The highest BCUT2D eigenvalue weighted by molar-refractivity contribution is 7.07. The largest absolute Gasteiger partial charge is 0.369 e. The van der Waals surface area contributed by atoms with Crippen LogP contribution in [0, 0.1) is 6.92 Å². The van der Waals surface area contributed by atoms with Crippen molar-refractivity contribution in [1.82, 2.24) is 19.5 Å². The maximum absolute atomic E-state index is 5.94. The fourth-order valence-electron chi connectivity index (χ4n) is 1.92. The molecule has 5 nitrogen and oxygen atoms in total. The number of nitrogens with zero attached hydrogens (tertiary/aromatic N) is 4. The smallest absolute Gasteiger partial charge is 0.202 e. The summed E-state index contributed by atoms with van der Waals surface area (Å²) in [7, 11) is 0. The summed E-state index contributed by atoms with van der Waals surface area (Å²) in [5.41, 5.74) is 11.5. The maximum atomic E-state index is 5.94. The normalized spacial score (nSPS) is 11.2. The van der Waals surface area contributed by atoms with Crippen LogP contribution in [0.3, 0.4) is 0 Å². The van der Waals surface area contributed by atoms with Gasteiger partial charge in [0.05, 0.1) is 11.2 Å². The molecule has 0 aromatic carbocycles. The number of aryl methyl sites for hydroxylation is 3. The average molecular weight is 259 g/mol. The monoisotopic (exact) mass is 259 g/mol. The van der Waals surface area contributed by atoms with Gasteiger partial charge in [0.15, 0.2) is 5.65 Å². The summed E-state index contributed by atoms with van der Waals surface area (Å²) in [6.45, 7) is 2.72. The summed E-state index contributed by atoms with van der Waals surface area (Å²) in [6, 6.07) is 3.90. The number of thiazole rings is 1. The van der Waals surface area contributed by atoms with Crippen molar-refractivity contribution in [1.29, 1.82) is 0 Å². The number of rotatable bonds is 3.